The summed E-state index contributed by atoms with van der Waals surface area (Å²) in [5, 5.41) is 0. The van der Waals surface area contributed by atoms with E-state index in [0.717, 1.165) is 0 Å². The third kappa shape index (κ3) is 1.89. The normalized spacial score (nSPS) is 13.5. The second-order valence-corrected chi connectivity index (χ2v) is 4.70. The lowest BCUT2D eigenvalue weighted by Crippen LogP contribution is -2.26. The molecule has 2 heterocycles. The number of aromatic nitrogens is 2. The molecule has 0 N–H and O–H groups in total. The number of ether oxygens (including phenoxy) is 1. The van der Waals surface area contributed by atoms with Crippen LogP contribution in [-0.2, 0) is 11.3 Å². The van der Waals surface area contributed by atoms with E-state index in [-0.39, 0.29) is 17.8 Å². The van der Waals surface area contributed by atoms with Crippen LogP contribution in [0, 0.1) is 5.82 Å². The first-order valence-electron chi connectivity index (χ1n) is 6.23. The van der Waals surface area contributed by atoms with Gasteiger partial charge in [-0.15, -0.1) is 0 Å². The van der Waals surface area contributed by atoms with E-state index in [0.29, 0.717) is 11.4 Å². The van der Waals surface area contributed by atoms with Crippen molar-refractivity contribution in [2.24, 2.45) is 0 Å². The maximum Gasteiger partial charge on any atom is 0.358 e. The summed E-state index contributed by atoms with van der Waals surface area (Å²) in [6.07, 6.45) is 1.40. The molecule has 2 aromatic rings. The molecule has 0 saturated carbocycles. The molecule has 0 aliphatic carbocycles. The zero-order chi connectivity index (χ0) is 15.1. The highest BCUT2D eigenvalue weighted by Crippen LogP contribution is 2.27. The first-order valence-corrected chi connectivity index (χ1v) is 6.23. The molecule has 1 aliphatic rings. The smallest absolute Gasteiger partial charge is 0.358 e. The highest BCUT2D eigenvalue weighted by atomic mass is 18.2. The number of fused-ring (bicyclic) bond motifs is 3. The van der Waals surface area contributed by atoms with E-state index in [2.05, 4.69) is 9.72 Å². The third-order valence-corrected chi connectivity index (χ3v) is 3.44. The van der Waals surface area contributed by atoms with Crippen molar-refractivity contribution in [2.75, 3.05) is 14.2 Å². The van der Waals surface area contributed by atoms with Gasteiger partial charge in [-0.05, 0) is 12.1 Å². The Balaban J connectivity index is 2.30. The van der Waals surface area contributed by atoms with E-state index in [1.807, 2.05) is 0 Å². The van der Waals surface area contributed by atoms with Crippen LogP contribution >= 0.6 is 0 Å². The predicted molar refractivity (Wildman–Crippen MR) is 70.7 cm³/mol. The first-order chi connectivity index (χ1) is 10.0. The maximum absolute atomic E-state index is 14.0. The number of hydrogen-bond donors (Lipinski definition) is 0. The van der Waals surface area contributed by atoms with Crippen molar-refractivity contribution in [3.8, 4) is 5.69 Å². The van der Waals surface area contributed by atoms with Gasteiger partial charge >= 0.3 is 5.97 Å². The average Bonchev–Trinajstić information content (AvgIpc) is 2.84. The van der Waals surface area contributed by atoms with Crippen molar-refractivity contribution in [1.82, 2.24) is 14.5 Å². The van der Waals surface area contributed by atoms with Crippen LogP contribution in [0.1, 0.15) is 26.5 Å². The number of carbonyl (C=O) groups excluding carboxylic acids is 2. The van der Waals surface area contributed by atoms with Crippen LogP contribution in [0.25, 0.3) is 5.69 Å². The first kappa shape index (κ1) is 13.3. The van der Waals surface area contributed by atoms with Gasteiger partial charge in [0, 0.05) is 7.05 Å². The summed E-state index contributed by atoms with van der Waals surface area (Å²) < 4.78 is 20.3. The second kappa shape index (κ2) is 4.69. The lowest BCUT2D eigenvalue weighted by atomic mass is 10.1. The molecule has 0 unspecified atom stereocenters. The highest BCUT2D eigenvalue weighted by molar-refractivity contribution is 5.99. The topological polar surface area (TPSA) is 64.4 Å². The number of benzene rings is 1. The third-order valence-electron chi connectivity index (χ3n) is 3.44. The minimum absolute atomic E-state index is 0.0347. The van der Waals surface area contributed by atoms with E-state index < -0.39 is 17.7 Å². The minimum atomic E-state index is -0.606. The largest absolute Gasteiger partial charge is 0.464 e. The Morgan fingerprint density at radius 1 is 1.43 bits per heavy atom. The molecule has 0 radical (unpaired) electrons. The summed E-state index contributed by atoms with van der Waals surface area (Å²) in [6.45, 7) is 0.136. The van der Waals surface area contributed by atoms with E-state index in [4.69, 9.17) is 0 Å². The molecule has 0 fully saturated rings. The predicted octanol–water partition coefficient (Wildman–Crippen LogP) is 1.38. The molecule has 21 heavy (non-hydrogen) atoms. The summed E-state index contributed by atoms with van der Waals surface area (Å²) in [5.74, 6) is -1.64. The molecule has 1 aliphatic heterocycles. The monoisotopic (exact) mass is 288 g/mol. The van der Waals surface area contributed by atoms with Crippen molar-refractivity contribution >= 4 is 11.9 Å². The molecule has 6 nitrogen and oxygen atoms in total. The van der Waals surface area contributed by atoms with Gasteiger partial charge in [0.1, 0.15) is 12.1 Å². The molecule has 0 atom stereocenters. The van der Waals surface area contributed by atoms with E-state index >= 15 is 0 Å². The zero-order valence-electron chi connectivity index (χ0n) is 11.5. The van der Waals surface area contributed by atoms with Crippen molar-refractivity contribution < 1.29 is 18.7 Å². The van der Waals surface area contributed by atoms with Crippen LogP contribution in [0.5, 0.6) is 0 Å². The number of halogens is 1. The molecule has 1 aromatic carbocycles. The van der Waals surface area contributed by atoms with Crippen LogP contribution in [-0.4, -0.2) is 40.5 Å². The number of carbonyl (C=O) groups is 2. The Hall–Kier alpha value is -2.70. The average molecular weight is 288 g/mol. The van der Waals surface area contributed by atoms with Gasteiger partial charge in [-0.25, -0.2) is 14.2 Å². The van der Waals surface area contributed by atoms with Crippen molar-refractivity contribution in [1.29, 1.82) is 0 Å². The van der Waals surface area contributed by atoms with Gasteiger partial charge < -0.3 is 9.64 Å². The quantitative estimate of drug-likeness (QED) is 0.744. The van der Waals surface area contributed by atoms with Crippen molar-refractivity contribution in [2.45, 2.75) is 6.54 Å². The highest BCUT2D eigenvalue weighted by Gasteiger charge is 2.30. The van der Waals surface area contributed by atoms with Gasteiger partial charge in [-0.2, -0.15) is 0 Å². The van der Waals surface area contributed by atoms with Crippen molar-refractivity contribution in [3.05, 3.63) is 47.3 Å². The Morgan fingerprint density at radius 3 is 2.90 bits per heavy atom. The molecule has 0 bridgehead atoms. The van der Waals surface area contributed by atoms with E-state index in [1.165, 1.54) is 30.5 Å². The number of esters is 1. The molecule has 1 aromatic heterocycles. The Bertz CT molecular complexity index is 754. The van der Waals surface area contributed by atoms with Crippen LogP contribution < -0.4 is 0 Å². The van der Waals surface area contributed by atoms with Crippen LogP contribution in [0.3, 0.4) is 0 Å². The fraction of sp³-hybridized carbons (Fsp3) is 0.214. The Morgan fingerprint density at radius 2 is 2.19 bits per heavy atom. The molecule has 1 amide bonds. The molecule has 0 spiro atoms. The molecule has 108 valence electrons. The van der Waals surface area contributed by atoms with Gasteiger partial charge in [0.15, 0.2) is 5.69 Å². The number of methoxy groups -OCH3 is 1. The molecular formula is C14H12FN3O3. The summed E-state index contributed by atoms with van der Waals surface area (Å²) in [6, 6.07) is 4.35. The molecule has 7 heteroatoms. The zero-order valence-corrected chi connectivity index (χ0v) is 11.5. The standard InChI is InChI=1S/C14H12FN3O3/c1-17-6-10-12(14(20)21-2)16-7-18(10)9-5-3-4-8(15)11(9)13(17)19/h3-5,7H,6H2,1-2H3/i15-1. The Kier molecular flexibility index (Phi) is 2.97. The summed E-state index contributed by atoms with van der Waals surface area (Å²) in [7, 11) is 2.80. The summed E-state index contributed by atoms with van der Waals surface area (Å²) >= 11 is 0. The fourth-order valence-electron chi connectivity index (χ4n) is 2.41. The molecular weight excluding hydrogens is 276 g/mol. The van der Waals surface area contributed by atoms with Gasteiger partial charge in [0.05, 0.1) is 30.6 Å². The SMILES string of the molecule is COC(=O)c1ncn2c1CN(C)C(=O)c1c([18F])cccc1-2. The van der Waals surface area contributed by atoms with E-state index in [9.17, 15) is 14.0 Å². The van der Waals surface area contributed by atoms with Crippen LogP contribution in [0.4, 0.5) is 4.39 Å². The molecule has 0 saturated heterocycles. The second-order valence-electron chi connectivity index (χ2n) is 4.70. The fourth-order valence-corrected chi connectivity index (χ4v) is 2.41. The molecule has 3 rings (SSSR count). The summed E-state index contributed by atoms with van der Waals surface area (Å²) in [4.78, 5) is 29.4. The lowest BCUT2D eigenvalue weighted by Gasteiger charge is -2.14. The summed E-state index contributed by atoms with van der Waals surface area (Å²) in [5.41, 5.74) is 0.936. The van der Waals surface area contributed by atoms with E-state index in [1.54, 1.807) is 17.7 Å². The van der Waals surface area contributed by atoms with Crippen LogP contribution in [0.15, 0.2) is 24.5 Å². The number of amides is 1. The number of rotatable bonds is 1. The van der Waals surface area contributed by atoms with Gasteiger partial charge in [-0.3, -0.25) is 9.36 Å². The minimum Gasteiger partial charge on any atom is -0.464 e. The number of imidazole rings is 1. The maximum atomic E-state index is 14.0. The van der Waals surface area contributed by atoms with Gasteiger partial charge in [-0.1, -0.05) is 6.07 Å². The van der Waals surface area contributed by atoms with Gasteiger partial charge in [0.25, 0.3) is 5.91 Å². The van der Waals surface area contributed by atoms with Crippen molar-refractivity contribution in [3.63, 3.8) is 0 Å². The Labute approximate surface area is 119 Å². The lowest BCUT2D eigenvalue weighted by molar-refractivity contribution is 0.0589. The van der Waals surface area contributed by atoms with Gasteiger partial charge in [0.2, 0.25) is 0 Å². The van der Waals surface area contributed by atoms with Crippen LogP contribution in [0.2, 0.25) is 0 Å². The number of hydrogen-bond acceptors (Lipinski definition) is 4. The number of nitrogens with zero attached hydrogens (tertiary/aromatic N) is 3.